The molecular weight excluding hydrogens is 364 g/mol. The summed E-state index contributed by atoms with van der Waals surface area (Å²) in [5, 5.41) is 3.01. The first kappa shape index (κ1) is 20.3. The number of methoxy groups -OCH3 is 2. The lowest BCUT2D eigenvalue weighted by Gasteiger charge is -2.24. The molecule has 1 amide bonds. The molecule has 3 aromatic carbocycles. The summed E-state index contributed by atoms with van der Waals surface area (Å²) in [7, 11) is 3.23. The zero-order valence-corrected chi connectivity index (χ0v) is 16.8. The van der Waals surface area contributed by atoms with E-state index in [1.807, 2.05) is 83.8 Å². The van der Waals surface area contributed by atoms with Crippen molar-refractivity contribution in [2.45, 2.75) is 6.42 Å². The highest BCUT2D eigenvalue weighted by molar-refractivity contribution is 5.84. The van der Waals surface area contributed by atoms with E-state index in [9.17, 15) is 4.79 Å². The molecule has 0 aromatic heterocycles. The predicted molar refractivity (Wildman–Crippen MR) is 116 cm³/mol. The summed E-state index contributed by atoms with van der Waals surface area (Å²) in [5.41, 5.74) is 3.04. The van der Waals surface area contributed by atoms with E-state index in [0.29, 0.717) is 24.5 Å². The Labute approximate surface area is 171 Å². The molecule has 0 bridgehead atoms. The third kappa shape index (κ3) is 5.51. The fourth-order valence-electron chi connectivity index (χ4n) is 3.13. The van der Waals surface area contributed by atoms with E-state index in [1.165, 1.54) is 0 Å². The first-order valence-corrected chi connectivity index (χ1v) is 9.56. The fourth-order valence-corrected chi connectivity index (χ4v) is 3.13. The van der Waals surface area contributed by atoms with Crippen LogP contribution in [-0.4, -0.2) is 33.2 Å². The molecule has 0 aliphatic rings. The molecule has 29 heavy (non-hydrogen) atoms. The smallest absolute Gasteiger partial charge is 0.239 e. The number of nitrogens with zero attached hydrogens (tertiary/aromatic N) is 1. The average molecular weight is 390 g/mol. The molecule has 3 aromatic rings. The van der Waals surface area contributed by atoms with Gasteiger partial charge in [0.1, 0.15) is 6.54 Å². The normalized spacial score (nSPS) is 10.3. The van der Waals surface area contributed by atoms with Crippen molar-refractivity contribution in [2.24, 2.45) is 0 Å². The number of carbonyl (C=O) groups excluding carboxylic acids is 1. The van der Waals surface area contributed by atoms with Crippen molar-refractivity contribution < 1.29 is 14.3 Å². The van der Waals surface area contributed by atoms with Crippen LogP contribution in [0.25, 0.3) is 0 Å². The molecule has 0 atom stereocenters. The van der Waals surface area contributed by atoms with Crippen molar-refractivity contribution in [3.05, 3.63) is 84.4 Å². The molecule has 0 aliphatic heterocycles. The Kier molecular flexibility index (Phi) is 7.11. The Morgan fingerprint density at radius 2 is 1.41 bits per heavy atom. The molecule has 1 N–H and O–H groups in total. The number of ether oxygens (including phenoxy) is 2. The van der Waals surface area contributed by atoms with Crippen LogP contribution in [0.1, 0.15) is 5.56 Å². The van der Waals surface area contributed by atoms with Gasteiger partial charge in [0.05, 0.1) is 14.2 Å². The minimum Gasteiger partial charge on any atom is -0.493 e. The van der Waals surface area contributed by atoms with E-state index in [-0.39, 0.29) is 12.5 Å². The SMILES string of the molecule is COc1ccc(CCNC(=O)CN(c2ccccc2)c2ccccc2)cc1OC. The van der Waals surface area contributed by atoms with Gasteiger partial charge in [-0.15, -0.1) is 0 Å². The van der Waals surface area contributed by atoms with Crippen LogP contribution in [0.5, 0.6) is 11.5 Å². The number of carbonyl (C=O) groups is 1. The van der Waals surface area contributed by atoms with Gasteiger partial charge in [0.15, 0.2) is 11.5 Å². The number of hydrogen-bond acceptors (Lipinski definition) is 4. The summed E-state index contributed by atoms with van der Waals surface area (Å²) in [5.74, 6) is 1.36. The zero-order chi connectivity index (χ0) is 20.5. The highest BCUT2D eigenvalue weighted by Crippen LogP contribution is 2.27. The second-order valence-corrected chi connectivity index (χ2v) is 6.55. The first-order valence-electron chi connectivity index (χ1n) is 9.56. The quantitative estimate of drug-likeness (QED) is 0.595. The van der Waals surface area contributed by atoms with Crippen molar-refractivity contribution >= 4 is 17.3 Å². The first-order chi connectivity index (χ1) is 14.2. The summed E-state index contributed by atoms with van der Waals surface area (Å²) in [6.07, 6.45) is 0.711. The van der Waals surface area contributed by atoms with Crippen molar-refractivity contribution in [3.63, 3.8) is 0 Å². The van der Waals surface area contributed by atoms with Gasteiger partial charge in [-0.1, -0.05) is 42.5 Å². The number of anilines is 2. The molecule has 0 fully saturated rings. The van der Waals surface area contributed by atoms with E-state index in [4.69, 9.17) is 9.47 Å². The number of para-hydroxylation sites is 2. The number of benzene rings is 3. The van der Waals surface area contributed by atoms with Crippen LogP contribution >= 0.6 is 0 Å². The van der Waals surface area contributed by atoms with Crippen molar-refractivity contribution in [3.8, 4) is 11.5 Å². The Morgan fingerprint density at radius 1 is 0.828 bits per heavy atom. The van der Waals surface area contributed by atoms with Crippen LogP contribution in [-0.2, 0) is 11.2 Å². The van der Waals surface area contributed by atoms with Crippen LogP contribution in [0, 0.1) is 0 Å². The predicted octanol–water partition coefficient (Wildman–Crippen LogP) is 4.20. The molecule has 5 heteroatoms. The Hall–Kier alpha value is -3.47. The van der Waals surface area contributed by atoms with Gasteiger partial charge in [-0.2, -0.15) is 0 Å². The topological polar surface area (TPSA) is 50.8 Å². The maximum atomic E-state index is 12.6. The fraction of sp³-hybridized carbons (Fsp3) is 0.208. The van der Waals surface area contributed by atoms with E-state index >= 15 is 0 Å². The molecule has 0 saturated heterocycles. The molecule has 0 spiro atoms. The summed E-state index contributed by atoms with van der Waals surface area (Å²) in [6, 6.07) is 25.6. The molecule has 150 valence electrons. The lowest BCUT2D eigenvalue weighted by atomic mass is 10.1. The highest BCUT2D eigenvalue weighted by atomic mass is 16.5. The van der Waals surface area contributed by atoms with Gasteiger partial charge in [0, 0.05) is 17.9 Å². The van der Waals surface area contributed by atoms with Crippen LogP contribution in [0.3, 0.4) is 0 Å². The average Bonchev–Trinajstić information content (AvgIpc) is 2.78. The minimum atomic E-state index is -0.0295. The number of nitrogens with one attached hydrogen (secondary N) is 1. The van der Waals surface area contributed by atoms with E-state index in [2.05, 4.69) is 5.32 Å². The van der Waals surface area contributed by atoms with Gasteiger partial charge < -0.3 is 19.7 Å². The van der Waals surface area contributed by atoms with Gasteiger partial charge in [0.25, 0.3) is 0 Å². The molecular formula is C24H26N2O3. The van der Waals surface area contributed by atoms with Gasteiger partial charge in [-0.25, -0.2) is 0 Å². The molecule has 0 saturated carbocycles. The molecule has 5 nitrogen and oxygen atoms in total. The van der Waals surface area contributed by atoms with E-state index < -0.39 is 0 Å². The van der Waals surface area contributed by atoms with Gasteiger partial charge >= 0.3 is 0 Å². The summed E-state index contributed by atoms with van der Waals surface area (Å²) in [6.45, 7) is 0.797. The summed E-state index contributed by atoms with van der Waals surface area (Å²) in [4.78, 5) is 14.6. The minimum absolute atomic E-state index is 0.0295. The molecule has 3 rings (SSSR count). The highest BCUT2D eigenvalue weighted by Gasteiger charge is 2.13. The van der Waals surface area contributed by atoms with Crippen LogP contribution in [0.15, 0.2) is 78.9 Å². The lowest BCUT2D eigenvalue weighted by molar-refractivity contribution is -0.119. The molecule has 0 radical (unpaired) electrons. The Balaban J connectivity index is 1.61. The maximum absolute atomic E-state index is 12.6. The van der Waals surface area contributed by atoms with Crippen LogP contribution < -0.4 is 19.7 Å². The second-order valence-electron chi connectivity index (χ2n) is 6.55. The Bertz CT molecular complexity index is 874. The monoisotopic (exact) mass is 390 g/mol. The van der Waals surface area contributed by atoms with Crippen molar-refractivity contribution in [1.82, 2.24) is 5.32 Å². The maximum Gasteiger partial charge on any atom is 0.239 e. The molecule has 0 aliphatic carbocycles. The standard InChI is InChI=1S/C24H26N2O3/c1-28-22-14-13-19(17-23(22)29-2)15-16-25-24(27)18-26(20-9-5-3-6-10-20)21-11-7-4-8-12-21/h3-14,17H,15-16,18H2,1-2H3,(H,25,27). The lowest BCUT2D eigenvalue weighted by Crippen LogP contribution is -2.35. The number of hydrogen-bond donors (Lipinski definition) is 1. The van der Waals surface area contributed by atoms with E-state index in [0.717, 1.165) is 16.9 Å². The van der Waals surface area contributed by atoms with Crippen molar-refractivity contribution in [1.29, 1.82) is 0 Å². The number of amides is 1. The third-order valence-corrected chi connectivity index (χ3v) is 4.62. The molecule has 0 unspecified atom stereocenters. The largest absolute Gasteiger partial charge is 0.493 e. The third-order valence-electron chi connectivity index (χ3n) is 4.62. The van der Waals surface area contributed by atoms with Gasteiger partial charge in [0.2, 0.25) is 5.91 Å². The molecule has 0 heterocycles. The Morgan fingerprint density at radius 3 is 1.97 bits per heavy atom. The van der Waals surface area contributed by atoms with Gasteiger partial charge in [-0.05, 0) is 48.4 Å². The zero-order valence-electron chi connectivity index (χ0n) is 16.8. The van der Waals surface area contributed by atoms with Crippen LogP contribution in [0.2, 0.25) is 0 Å². The van der Waals surface area contributed by atoms with Crippen LogP contribution in [0.4, 0.5) is 11.4 Å². The van der Waals surface area contributed by atoms with Gasteiger partial charge in [-0.3, -0.25) is 4.79 Å². The summed E-state index contributed by atoms with van der Waals surface area (Å²) < 4.78 is 10.6. The summed E-state index contributed by atoms with van der Waals surface area (Å²) >= 11 is 0. The van der Waals surface area contributed by atoms with Crippen molar-refractivity contribution in [2.75, 3.05) is 32.2 Å². The number of rotatable bonds is 9. The van der Waals surface area contributed by atoms with E-state index in [1.54, 1.807) is 14.2 Å². The second kappa shape index (κ2) is 10.2.